The lowest BCUT2D eigenvalue weighted by molar-refractivity contribution is -0.384. The van der Waals surface area contributed by atoms with Crippen molar-refractivity contribution in [3.8, 4) is 10.4 Å². The summed E-state index contributed by atoms with van der Waals surface area (Å²) in [6.45, 7) is 0.260. The van der Waals surface area contributed by atoms with Crippen LogP contribution in [0.4, 0.5) is 21.5 Å². The van der Waals surface area contributed by atoms with Gasteiger partial charge in [0.15, 0.2) is 0 Å². The predicted molar refractivity (Wildman–Crippen MR) is 133 cm³/mol. The van der Waals surface area contributed by atoms with Crippen LogP contribution in [-0.4, -0.2) is 23.3 Å². The van der Waals surface area contributed by atoms with Crippen LogP contribution in [0.1, 0.15) is 25.6 Å². The molecule has 0 bridgehead atoms. The van der Waals surface area contributed by atoms with Crippen LogP contribution >= 0.6 is 11.3 Å². The Balaban J connectivity index is 1.49. The first-order chi connectivity index (χ1) is 16.9. The second-order valence-corrected chi connectivity index (χ2v) is 9.01. The second kappa shape index (κ2) is 9.11. The third-order valence-electron chi connectivity index (χ3n) is 5.73. The maximum Gasteiger partial charge on any atom is 0.269 e. The molecule has 0 unspecified atom stereocenters. The average molecular weight is 488 g/mol. The largest absolute Gasteiger partial charge is 0.321 e. The summed E-state index contributed by atoms with van der Waals surface area (Å²) in [6.07, 6.45) is 0.458. The number of nitro groups is 1. The Hall–Kier alpha value is -4.37. The topological polar surface area (TPSA) is 92.6 Å². The molecule has 35 heavy (non-hydrogen) atoms. The fourth-order valence-electron chi connectivity index (χ4n) is 4.03. The molecule has 1 N–H and O–H groups in total. The van der Waals surface area contributed by atoms with Crippen LogP contribution in [0.5, 0.6) is 0 Å². The monoisotopic (exact) mass is 487 g/mol. The van der Waals surface area contributed by atoms with Gasteiger partial charge < -0.3 is 10.2 Å². The SMILES string of the molecule is O=C(Nc1ccccc1)c1cc2c(s1)-c1ccc(F)cc1N(C(=O)c1ccc([N+](=O)[O-])cc1)CC2. The number of hydrogen-bond donors (Lipinski definition) is 1. The molecule has 0 atom stereocenters. The summed E-state index contributed by atoms with van der Waals surface area (Å²) in [4.78, 5) is 39.4. The average Bonchev–Trinajstić information content (AvgIpc) is 3.23. The quantitative estimate of drug-likeness (QED) is 0.286. The van der Waals surface area contributed by atoms with Gasteiger partial charge in [0.1, 0.15) is 5.82 Å². The number of carbonyl (C=O) groups excluding carboxylic acids is 2. The van der Waals surface area contributed by atoms with Crippen LogP contribution in [0.3, 0.4) is 0 Å². The normalized spacial score (nSPS) is 12.3. The summed E-state index contributed by atoms with van der Waals surface area (Å²) < 4.78 is 14.3. The van der Waals surface area contributed by atoms with Gasteiger partial charge in [0.25, 0.3) is 17.5 Å². The highest BCUT2D eigenvalue weighted by atomic mass is 32.1. The number of amides is 2. The third kappa shape index (κ3) is 4.41. The molecule has 0 fully saturated rings. The molecule has 9 heteroatoms. The maximum atomic E-state index is 14.3. The van der Waals surface area contributed by atoms with Crippen molar-refractivity contribution in [2.24, 2.45) is 0 Å². The van der Waals surface area contributed by atoms with Crippen molar-refractivity contribution >= 4 is 40.2 Å². The predicted octanol–water partition coefficient (Wildman–Crippen LogP) is 5.92. The number of carbonyl (C=O) groups is 2. The van der Waals surface area contributed by atoms with Crippen LogP contribution < -0.4 is 10.2 Å². The van der Waals surface area contributed by atoms with Crippen LogP contribution in [0.25, 0.3) is 10.4 Å². The summed E-state index contributed by atoms with van der Waals surface area (Å²) in [5.74, 6) is -1.12. The number of benzene rings is 3. The number of para-hydroxylation sites is 1. The van der Waals surface area contributed by atoms with E-state index >= 15 is 0 Å². The van der Waals surface area contributed by atoms with Gasteiger partial charge in [-0.1, -0.05) is 18.2 Å². The number of nitrogens with zero attached hydrogens (tertiary/aromatic N) is 2. The van der Waals surface area contributed by atoms with Gasteiger partial charge in [0.05, 0.1) is 15.5 Å². The van der Waals surface area contributed by atoms with Crippen molar-refractivity contribution in [2.45, 2.75) is 6.42 Å². The molecule has 174 valence electrons. The number of thiophene rings is 1. The van der Waals surface area contributed by atoms with Crippen molar-refractivity contribution in [1.82, 2.24) is 0 Å². The first-order valence-electron chi connectivity index (χ1n) is 10.8. The van der Waals surface area contributed by atoms with Crippen LogP contribution in [0.15, 0.2) is 78.9 Å². The second-order valence-electron chi connectivity index (χ2n) is 7.96. The molecule has 5 rings (SSSR count). The number of nitro benzene ring substituents is 1. The smallest absolute Gasteiger partial charge is 0.269 e. The zero-order chi connectivity index (χ0) is 24.5. The fourth-order valence-corrected chi connectivity index (χ4v) is 5.17. The summed E-state index contributed by atoms with van der Waals surface area (Å²) in [7, 11) is 0. The number of non-ortho nitro benzene ring substituents is 1. The van der Waals surface area contributed by atoms with Crippen molar-refractivity contribution in [3.05, 3.63) is 111 Å². The van der Waals surface area contributed by atoms with Gasteiger partial charge in [0.2, 0.25) is 0 Å². The zero-order valence-electron chi connectivity index (χ0n) is 18.2. The highest BCUT2D eigenvalue weighted by Crippen LogP contribution is 2.42. The molecular weight excluding hydrogens is 469 g/mol. The number of anilines is 2. The Labute approximate surface area is 203 Å². The van der Waals surface area contributed by atoms with Gasteiger partial charge in [0, 0.05) is 40.4 Å². The Kier molecular flexibility index (Phi) is 5.84. The van der Waals surface area contributed by atoms with Crippen molar-refractivity contribution in [2.75, 3.05) is 16.8 Å². The van der Waals surface area contributed by atoms with Crippen molar-refractivity contribution in [1.29, 1.82) is 0 Å². The van der Waals surface area contributed by atoms with Crippen molar-refractivity contribution in [3.63, 3.8) is 0 Å². The third-order valence-corrected chi connectivity index (χ3v) is 6.94. The van der Waals surface area contributed by atoms with Gasteiger partial charge in [-0.05, 0) is 60.5 Å². The van der Waals surface area contributed by atoms with Gasteiger partial charge in [-0.15, -0.1) is 11.3 Å². The molecule has 7 nitrogen and oxygen atoms in total. The van der Waals surface area contributed by atoms with Crippen LogP contribution in [-0.2, 0) is 6.42 Å². The molecule has 1 aliphatic rings. The molecule has 3 aromatic carbocycles. The minimum Gasteiger partial charge on any atom is -0.321 e. The molecule has 1 aromatic heterocycles. The number of nitrogens with one attached hydrogen (secondary N) is 1. The Morgan fingerprint density at radius 2 is 1.74 bits per heavy atom. The van der Waals surface area contributed by atoms with E-state index in [0.717, 1.165) is 10.4 Å². The van der Waals surface area contributed by atoms with E-state index in [1.165, 1.54) is 52.6 Å². The lowest BCUT2D eigenvalue weighted by atomic mass is 10.1. The molecular formula is C26H18FN3O4S. The number of rotatable bonds is 4. The Morgan fingerprint density at radius 1 is 1.00 bits per heavy atom. The van der Waals surface area contributed by atoms with Gasteiger partial charge in [-0.25, -0.2) is 4.39 Å². The molecule has 0 aliphatic carbocycles. The van der Waals surface area contributed by atoms with E-state index in [1.54, 1.807) is 18.2 Å². The summed E-state index contributed by atoms with van der Waals surface area (Å²) >= 11 is 1.29. The maximum absolute atomic E-state index is 14.3. The van der Waals surface area contributed by atoms with E-state index in [0.29, 0.717) is 28.2 Å². The number of fused-ring (bicyclic) bond motifs is 3. The van der Waals surface area contributed by atoms with Gasteiger partial charge in [-0.3, -0.25) is 19.7 Å². The van der Waals surface area contributed by atoms with Crippen LogP contribution in [0.2, 0.25) is 0 Å². The summed E-state index contributed by atoms with van der Waals surface area (Å²) in [5, 5.41) is 13.8. The molecule has 0 radical (unpaired) electrons. The Bertz CT molecular complexity index is 1450. The lowest BCUT2D eigenvalue weighted by Gasteiger charge is -2.23. The minimum absolute atomic E-state index is 0.118. The molecule has 0 saturated heterocycles. The van der Waals surface area contributed by atoms with Crippen LogP contribution in [0, 0.1) is 15.9 Å². The Morgan fingerprint density at radius 3 is 2.46 bits per heavy atom. The molecule has 0 spiro atoms. The van der Waals surface area contributed by atoms with E-state index in [9.17, 15) is 24.1 Å². The van der Waals surface area contributed by atoms with E-state index in [2.05, 4.69) is 5.32 Å². The van der Waals surface area contributed by atoms with Gasteiger partial charge >= 0.3 is 0 Å². The minimum atomic E-state index is -0.533. The van der Waals surface area contributed by atoms with E-state index < -0.39 is 10.7 Å². The van der Waals surface area contributed by atoms with E-state index in [-0.39, 0.29) is 29.6 Å². The van der Waals surface area contributed by atoms with Gasteiger partial charge in [-0.2, -0.15) is 0 Å². The highest BCUT2D eigenvalue weighted by Gasteiger charge is 2.28. The molecule has 1 aliphatic heterocycles. The number of hydrogen-bond acceptors (Lipinski definition) is 5. The standard InChI is InChI=1S/C26H18FN3O4S/c27-18-8-11-21-22(15-18)29(26(32)16-6-9-20(10-7-16)30(33)34)13-12-17-14-23(35-24(17)21)25(31)28-19-4-2-1-3-5-19/h1-11,14-15H,12-13H2,(H,28,31). The van der Waals surface area contributed by atoms with E-state index in [1.807, 2.05) is 24.3 Å². The summed E-state index contributed by atoms with van der Waals surface area (Å²) in [5.41, 5.74) is 2.76. The first-order valence-corrected chi connectivity index (χ1v) is 11.6. The highest BCUT2D eigenvalue weighted by molar-refractivity contribution is 7.17. The molecule has 4 aromatic rings. The number of halogens is 1. The van der Waals surface area contributed by atoms with E-state index in [4.69, 9.17) is 0 Å². The zero-order valence-corrected chi connectivity index (χ0v) is 19.0. The fraction of sp³-hybridized carbons (Fsp3) is 0.0769. The molecule has 2 amide bonds. The first kappa shape index (κ1) is 22.4. The summed E-state index contributed by atoms with van der Waals surface area (Å²) in [6, 6.07) is 20.5. The molecule has 2 heterocycles. The molecule has 0 saturated carbocycles. The lowest BCUT2D eigenvalue weighted by Crippen LogP contribution is -2.32. The van der Waals surface area contributed by atoms with Crippen molar-refractivity contribution < 1.29 is 18.9 Å².